The molecule has 0 aromatic heterocycles. The molecule has 10 nitrogen and oxygen atoms in total. The second-order valence-corrected chi connectivity index (χ2v) is 7.22. The third kappa shape index (κ3) is 5.12. The van der Waals surface area contributed by atoms with Crippen molar-refractivity contribution >= 4 is 38.6 Å². The molecular weight excluding hydrogens is 400 g/mol. The van der Waals surface area contributed by atoms with Crippen LogP contribution in [0.25, 0.3) is 0 Å². The van der Waals surface area contributed by atoms with Gasteiger partial charge >= 0.3 is 0 Å². The fourth-order valence-corrected chi connectivity index (χ4v) is 2.83. The van der Waals surface area contributed by atoms with E-state index in [9.17, 15) is 23.6 Å². The standard InChI is InChI=1S/C18H14N4O6S/c23-15-7-5-14(6-8-15)21-20-13-3-1-12(2-4-13)19-17-10-9-16(29(26,27)28)11-18(17)22(24)25/h1-11,19,23H,(H,26,27,28). The molecule has 3 aromatic carbocycles. The number of nitro benzene ring substituents is 1. The van der Waals surface area contributed by atoms with Gasteiger partial charge in [0, 0.05) is 11.8 Å². The Kier molecular flexibility index (Phi) is 5.52. The summed E-state index contributed by atoms with van der Waals surface area (Å²) in [4.78, 5) is 9.91. The second kappa shape index (κ2) is 8.04. The van der Waals surface area contributed by atoms with Crippen LogP contribution in [0.4, 0.5) is 28.4 Å². The molecule has 11 heteroatoms. The molecule has 0 fully saturated rings. The predicted octanol–water partition coefficient (Wildman–Crippen LogP) is 4.71. The van der Waals surface area contributed by atoms with E-state index in [-0.39, 0.29) is 11.4 Å². The van der Waals surface area contributed by atoms with E-state index >= 15 is 0 Å². The zero-order valence-corrected chi connectivity index (χ0v) is 15.4. The molecule has 0 aliphatic rings. The highest BCUT2D eigenvalue weighted by Gasteiger charge is 2.19. The molecule has 0 spiro atoms. The first kappa shape index (κ1) is 19.9. The van der Waals surface area contributed by atoms with Crippen molar-refractivity contribution in [3.05, 3.63) is 76.8 Å². The average molecular weight is 414 g/mol. The van der Waals surface area contributed by atoms with E-state index in [4.69, 9.17) is 4.55 Å². The molecule has 0 saturated carbocycles. The summed E-state index contributed by atoms with van der Waals surface area (Å²) in [7, 11) is -4.55. The van der Waals surface area contributed by atoms with Gasteiger partial charge in [0.15, 0.2) is 0 Å². The summed E-state index contributed by atoms with van der Waals surface area (Å²) in [5, 5.41) is 31.4. The Balaban J connectivity index is 1.79. The van der Waals surface area contributed by atoms with Crippen LogP contribution in [0.2, 0.25) is 0 Å². The van der Waals surface area contributed by atoms with Crippen molar-refractivity contribution in [1.82, 2.24) is 0 Å². The highest BCUT2D eigenvalue weighted by molar-refractivity contribution is 7.85. The minimum Gasteiger partial charge on any atom is -0.508 e. The number of nitrogens with one attached hydrogen (secondary N) is 1. The molecule has 0 unspecified atom stereocenters. The number of anilines is 2. The lowest BCUT2D eigenvalue weighted by molar-refractivity contribution is -0.384. The Labute approximate surface area is 165 Å². The van der Waals surface area contributed by atoms with Crippen molar-refractivity contribution in [3.8, 4) is 5.75 Å². The molecule has 29 heavy (non-hydrogen) atoms. The monoisotopic (exact) mass is 414 g/mol. The number of hydrogen-bond acceptors (Lipinski definition) is 8. The third-order valence-electron chi connectivity index (χ3n) is 3.74. The van der Waals surface area contributed by atoms with Gasteiger partial charge in [0.1, 0.15) is 16.3 Å². The molecule has 0 amide bonds. The van der Waals surface area contributed by atoms with Gasteiger partial charge in [-0.3, -0.25) is 14.7 Å². The lowest BCUT2D eigenvalue weighted by atomic mass is 10.2. The molecule has 0 aliphatic heterocycles. The molecule has 0 saturated heterocycles. The summed E-state index contributed by atoms with van der Waals surface area (Å²) in [6.45, 7) is 0. The van der Waals surface area contributed by atoms with E-state index in [1.54, 1.807) is 36.4 Å². The minimum absolute atomic E-state index is 0.0564. The SMILES string of the molecule is O=[N+]([O-])c1cc(S(=O)(=O)O)ccc1Nc1ccc(N=Nc2ccc(O)cc2)cc1. The van der Waals surface area contributed by atoms with Crippen molar-refractivity contribution in [2.75, 3.05) is 5.32 Å². The van der Waals surface area contributed by atoms with E-state index in [2.05, 4.69) is 15.5 Å². The lowest BCUT2D eigenvalue weighted by Crippen LogP contribution is -2.02. The first-order chi connectivity index (χ1) is 13.7. The van der Waals surface area contributed by atoms with E-state index < -0.39 is 25.6 Å². The second-order valence-electron chi connectivity index (χ2n) is 5.80. The van der Waals surface area contributed by atoms with Gasteiger partial charge in [0.2, 0.25) is 0 Å². The predicted molar refractivity (Wildman–Crippen MR) is 105 cm³/mol. The number of benzene rings is 3. The maximum Gasteiger partial charge on any atom is 0.294 e. The van der Waals surface area contributed by atoms with Crippen LogP contribution in [-0.4, -0.2) is 23.0 Å². The van der Waals surface area contributed by atoms with Gasteiger partial charge in [-0.2, -0.15) is 18.6 Å². The number of aromatic hydroxyl groups is 1. The number of azo groups is 1. The Hall–Kier alpha value is -3.83. The van der Waals surface area contributed by atoms with Gasteiger partial charge in [0.05, 0.1) is 16.3 Å². The van der Waals surface area contributed by atoms with Crippen LogP contribution in [0.3, 0.4) is 0 Å². The highest BCUT2D eigenvalue weighted by atomic mass is 32.2. The third-order valence-corrected chi connectivity index (χ3v) is 4.59. The zero-order valence-electron chi connectivity index (χ0n) is 14.6. The first-order valence-electron chi connectivity index (χ1n) is 8.06. The summed E-state index contributed by atoms with van der Waals surface area (Å²) >= 11 is 0. The lowest BCUT2D eigenvalue weighted by Gasteiger charge is -2.08. The average Bonchev–Trinajstić information content (AvgIpc) is 2.68. The first-order valence-corrected chi connectivity index (χ1v) is 9.50. The van der Waals surface area contributed by atoms with Gasteiger partial charge < -0.3 is 10.4 Å². The fraction of sp³-hybridized carbons (Fsp3) is 0. The molecule has 0 aliphatic carbocycles. The number of hydrogen-bond donors (Lipinski definition) is 3. The highest BCUT2D eigenvalue weighted by Crippen LogP contribution is 2.31. The molecule has 0 radical (unpaired) electrons. The van der Waals surface area contributed by atoms with Crippen LogP contribution in [0.1, 0.15) is 0 Å². The van der Waals surface area contributed by atoms with Crippen LogP contribution < -0.4 is 5.32 Å². The van der Waals surface area contributed by atoms with Crippen molar-refractivity contribution in [2.24, 2.45) is 10.2 Å². The summed E-state index contributed by atoms with van der Waals surface area (Å²) < 4.78 is 31.4. The number of nitro groups is 1. The molecule has 0 atom stereocenters. The van der Waals surface area contributed by atoms with E-state index in [0.29, 0.717) is 17.1 Å². The molecule has 0 heterocycles. The van der Waals surface area contributed by atoms with E-state index in [0.717, 1.165) is 12.1 Å². The fourth-order valence-electron chi connectivity index (χ4n) is 2.33. The minimum atomic E-state index is -4.55. The van der Waals surface area contributed by atoms with Crippen LogP contribution in [0.15, 0.2) is 81.9 Å². The van der Waals surface area contributed by atoms with E-state index in [1.165, 1.54) is 18.2 Å². The van der Waals surface area contributed by atoms with E-state index in [1.807, 2.05) is 0 Å². The van der Waals surface area contributed by atoms with Crippen molar-refractivity contribution in [3.63, 3.8) is 0 Å². The molecule has 148 valence electrons. The Morgan fingerprint density at radius 3 is 1.97 bits per heavy atom. The zero-order chi connectivity index (χ0) is 21.0. The van der Waals surface area contributed by atoms with Gasteiger partial charge in [-0.25, -0.2) is 0 Å². The number of phenols is 1. The van der Waals surface area contributed by atoms with Gasteiger partial charge in [-0.1, -0.05) is 0 Å². The topological polar surface area (TPSA) is 154 Å². The maximum absolute atomic E-state index is 11.2. The number of rotatable bonds is 6. The number of phenolic OH excluding ortho intramolecular Hbond substituents is 1. The van der Waals surface area contributed by atoms with Gasteiger partial charge in [0.25, 0.3) is 15.8 Å². The van der Waals surface area contributed by atoms with Crippen LogP contribution in [0, 0.1) is 10.1 Å². The Morgan fingerprint density at radius 2 is 1.45 bits per heavy atom. The smallest absolute Gasteiger partial charge is 0.294 e. The van der Waals surface area contributed by atoms with Crippen LogP contribution in [-0.2, 0) is 10.1 Å². The molecular formula is C18H14N4O6S. The molecule has 3 rings (SSSR count). The molecule has 3 N–H and O–H groups in total. The normalized spacial score (nSPS) is 11.5. The maximum atomic E-state index is 11.2. The Bertz CT molecular complexity index is 1180. The van der Waals surface area contributed by atoms with Crippen molar-refractivity contribution in [1.29, 1.82) is 0 Å². The van der Waals surface area contributed by atoms with Crippen molar-refractivity contribution < 1.29 is 23.0 Å². The molecule has 0 bridgehead atoms. The van der Waals surface area contributed by atoms with Crippen LogP contribution in [0.5, 0.6) is 5.75 Å². The Morgan fingerprint density at radius 1 is 0.897 bits per heavy atom. The van der Waals surface area contributed by atoms with Crippen molar-refractivity contribution in [2.45, 2.75) is 4.90 Å². The number of nitrogens with zero attached hydrogens (tertiary/aromatic N) is 3. The van der Waals surface area contributed by atoms with Gasteiger partial charge in [-0.15, -0.1) is 0 Å². The largest absolute Gasteiger partial charge is 0.508 e. The summed E-state index contributed by atoms with van der Waals surface area (Å²) in [5.74, 6) is 0.123. The van der Waals surface area contributed by atoms with Crippen LogP contribution >= 0.6 is 0 Å². The summed E-state index contributed by atoms with van der Waals surface area (Å²) in [6.07, 6.45) is 0. The summed E-state index contributed by atoms with van der Waals surface area (Å²) in [6, 6.07) is 15.7. The summed E-state index contributed by atoms with van der Waals surface area (Å²) in [5.41, 5.74) is 1.13. The molecule has 3 aromatic rings. The quantitative estimate of drug-likeness (QED) is 0.228. The van der Waals surface area contributed by atoms with Gasteiger partial charge in [-0.05, 0) is 60.7 Å².